The van der Waals surface area contributed by atoms with Crippen LogP contribution in [0.4, 0.5) is 0 Å². The van der Waals surface area contributed by atoms with Crippen LogP contribution in [0.15, 0.2) is 30.3 Å². The molecule has 1 aliphatic rings. The van der Waals surface area contributed by atoms with Crippen LogP contribution >= 0.6 is 0 Å². The number of benzene rings is 2. The lowest BCUT2D eigenvalue weighted by Gasteiger charge is -2.10. The minimum atomic E-state index is -0.00159. The molecule has 1 aliphatic heterocycles. The van der Waals surface area contributed by atoms with Gasteiger partial charge in [0.1, 0.15) is 23.0 Å². The molecule has 0 unspecified atom stereocenters. The number of aryl methyl sites for hydroxylation is 1. The second-order valence-corrected chi connectivity index (χ2v) is 4.69. The normalized spacial score (nSPS) is 13.1. The van der Waals surface area contributed by atoms with Gasteiger partial charge < -0.3 is 20.7 Å². The highest BCUT2D eigenvalue weighted by Gasteiger charge is 2.18. The molecule has 0 aromatic heterocycles. The molecule has 0 radical (unpaired) electrons. The lowest BCUT2D eigenvalue weighted by Crippen LogP contribution is -1.98. The van der Waals surface area contributed by atoms with E-state index in [2.05, 4.69) is 0 Å². The van der Waals surface area contributed by atoms with Crippen molar-refractivity contribution in [1.29, 1.82) is 0 Å². The first-order chi connectivity index (χ1) is 9.17. The fraction of sp³-hybridized carbons (Fsp3) is 0.200. The number of nitrogens with two attached hydrogens (primary N) is 1. The number of aromatic hydroxyl groups is 2. The second-order valence-electron chi connectivity index (χ2n) is 4.69. The molecule has 0 bridgehead atoms. The summed E-state index contributed by atoms with van der Waals surface area (Å²) >= 11 is 0. The summed E-state index contributed by atoms with van der Waals surface area (Å²) < 4.78 is 5.80. The van der Waals surface area contributed by atoms with Crippen LogP contribution in [0.25, 0.3) is 0 Å². The van der Waals surface area contributed by atoms with Crippen LogP contribution in [0.2, 0.25) is 0 Å². The van der Waals surface area contributed by atoms with Crippen LogP contribution in [0.3, 0.4) is 0 Å². The standard InChI is InChI=1S/C15H15NO3/c16-8-9-1-4-14-10(5-9)2-3-12-13(18)6-11(17)7-15(12)19-14/h1,4-7,17-18H,2-3,8,16H2. The minimum Gasteiger partial charge on any atom is -0.508 e. The zero-order chi connectivity index (χ0) is 13.4. The van der Waals surface area contributed by atoms with Crippen LogP contribution in [-0.2, 0) is 19.4 Å². The molecular weight excluding hydrogens is 242 g/mol. The fourth-order valence-corrected chi connectivity index (χ4v) is 2.39. The van der Waals surface area contributed by atoms with Crippen LogP contribution in [0, 0.1) is 0 Å². The molecule has 3 rings (SSSR count). The molecule has 0 fully saturated rings. The maximum absolute atomic E-state index is 9.88. The van der Waals surface area contributed by atoms with E-state index < -0.39 is 0 Å². The predicted molar refractivity (Wildman–Crippen MR) is 71.6 cm³/mol. The smallest absolute Gasteiger partial charge is 0.138 e. The Balaban J connectivity index is 2.07. The molecule has 2 aromatic rings. The molecular formula is C15H15NO3. The summed E-state index contributed by atoms with van der Waals surface area (Å²) in [6.07, 6.45) is 1.44. The monoisotopic (exact) mass is 257 g/mol. The second kappa shape index (κ2) is 4.48. The van der Waals surface area contributed by atoms with Gasteiger partial charge in [-0.3, -0.25) is 0 Å². The van der Waals surface area contributed by atoms with Gasteiger partial charge in [0.2, 0.25) is 0 Å². The molecule has 0 amide bonds. The van der Waals surface area contributed by atoms with E-state index in [1.54, 1.807) is 0 Å². The van der Waals surface area contributed by atoms with Crippen molar-refractivity contribution in [3.05, 3.63) is 47.0 Å². The molecule has 4 heteroatoms. The summed E-state index contributed by atoms with van der Waals surface area (Å²) in [6, 6.07) is 8.70. The Bertz CT molecular complexity index is 638. The third-order valence-electron chi connectivity index (χ3n) is 3.40. The number of hydrogen-bond donors (Lipinski definition) is 3. The summed E-state index contributed by atoms with van der Waals surface area (Å²) in [5.74, 6) is 1.33. The van der Waals surface area contributed by atoms with E-state index in [1.807, 2.05) is 18.2 Å². The fourth-order valence-electron chi connectivity index (χ4n) is 2.39. The molecule has 0 saturated heterocycles. The quantitative estimate of drug-likeness (QED) is 0.733. The van der Waals surface area contributed by atoms with Crippen molar-refractivity contribution in [3.63, 3.8) is 0 Å². The van der Waals surface area contributed by atoms with E-state index >= 15 is 0 Å². The topological polar surface area (TPSA) is 75.7 Å². The van der Waals surface area contributed by atoms with Crippen LogP contribution in [0.1, 0.15) is 16.7 Å². The van der Waals surface area contributed by atoms with Crippen molar-refractivity contribution in [2.45, 2.75) is 19.4 Å². The number of phenolic OH excluding ortho intramolecular Hbond substituents is 2. The lowest BCUT2D eigenvalue weighted by atomic mass is 10.0. The number of rotatable bonds is 1. The first kappa shape index (κ1) is 11.9. The molecule has 2 aromatic carbocycles. The number of fused-ring (bicyclic) bond motifs is 2. The molecule has 4 N–H and O–H groups in total. The number of ether oxygens (including phenoxy) is 1. The van der Waals surface area contributed by atoms with Gasteiger partial charge in [0.25, 0.3) is 0 Å². The molecule has 0 saturated carbocycles. The highest BCUT2D eigenvalue weighted by atomic mass is 16.5. The van der Waals surface area contributed by atoms with E-state index in [-0.39, 0.29) is 11.5 Å². The van der Waals surface area contributed by atoms with Crippen molar-refractivity contribution in [2.24, 2.45) is 5.73 Å². The average Bonchev–Trinajstić information content (AvgIpc) is 2.56. The summed E-state index contributed by atoms with van der Waals surface area (Å²) in [7, 11) is 0. The first-order valence-corrected chi connectivity index (χ1v) is 6.22. The summed E-state index contributed by atoms with van der Waals surface area (Å²) in [5.41, 5.74) is 8.49. The van der Waals surface area contributed by atoms with E-state index in [0.29, 0.717) is 18.7 Å². The Morgan fingerprint density at radius 2 is 1.89 bits per heavy atom. The summed E-state index contributed by atoms with van der Waals surface area (Å²) in [6.45, 7) is 0.492. The largest absolute Gasteiger partial charge is 0.508 e. The summed E-state index contributed by atoms with van der Waals surface area (Å²) in [5, 5.41) is 19.4. The first-order valence-electron chi connectivity index (χ1n) is 6.22. The van der Waals surface area contributed by atoms with Gasteiger partial charge in [0, 0.05) is 24.2 Å². The third kappa shape index (κ3) is 2.11. The van der Waals surface area contributed by atoms with Gasteiger partial charge in [-0.15, -0.1) is 0 Å². The van der Waals surface area contributed by atoms with Crippen molar-refractivity contribution >= 4 is 0 Å². The Kier molecular flexibility index (Phi) is 2.80. The Hall–Kier alpha value is -2.20. The van der Waals surface area contributed by atoms with Gasteiger partial charge >= 0.3 is 0 Å². The van der Waals surface area contributed by atoms with Crippen LogP contribution < -0.4 is 10.5 Å². The molecule has 98 valence electrons. The molecule has 0 spiro atoms. The van der Waals surface area contributed by atoms with Crippen molar-refractivity contribution in [1.82, 2.24) is 0 Å². The van der Waals surface area contributed by atoms with Gasteiger partial charge in [0.05, 0.1) is 0 Å². The zero-order valence-electron chi connectivity index (χ0n) is 10.4. The Labute approximate surface area is 111 Å². The lowest BCUT2D eigenvalue weighted by molar-refractivity contribution is 0.427. The van der Waals surface area contributed by atoms with E-state index in [9.17, 15) is 10.2 Å². The van der Waals surface area contributed by atoms with Gasteiger partial charge in [0.15, 0.2) is 0 Å². The highest BCUT2D eigenvalue weighted by Crippen LogP contribution is 2.40. The van der Waals surface area contributed by atoms with Gasteiger partial charge in [-0.1, -0.05) is 12.1 Å². The Morgan fingerprint density at radius 3 is 2.68 bits per heavy atom. The average molecular weight is 257 g/mol. The minimum absolute atomic E-state index is 0.00159. The summed E-state index contributed by atoms with van der Waals surface area (Å²) in [4.78, 5) is 0. The van der Waals surface area contributed by atoms with Crippen molar-refractivity contribution in [3.8, 4) is 23.0 Å². The highest BCUT2D eigenvalue weighted by molar-refractivity contribution is 5.54. The third-order valence-corrected chi connectivity index (χ3v) is 3.40. The number of phenols is 2. The molecule has 0 atom stereocenters. The zero-order valence-corrected chi connectivity index (χ0v) is 10.4. The van der Waals surface area contributed by atoms with Gasteiger partial charge in [-0.25, -0.2) is 0 Å². The van der Waals surface area contributed by atoms with Gasteiger partial charge in [-0.2, -0.15) is 0 Å². The van der Waals surface area contributed by atoms with Gasteiger partial charge in [-0.05, 0) is 30.0 Å². The number of hydrogen-bond acceptors (Lipinski definition) is 4. The van der Waals surface area contributed by atoms with E-state index in [1.165, 1.54) is 12.1 Å². The molecule has 1 heterocycles. The SMILES string of the molecule is NCc1ccc2c(c1)CCc1c(O)cc(O)cc1O2. The maximum atomic E-state index is 9.88. The van der Waals surface area contributed by atoms with Crippen molar-refractivity contribution < 1.29 is 14.9 Å². The maximum Gasteiger partial charge on any atom is 0.138 e. The predicted octanol–water partition coefficient (Wildman–Crippen LogP) is 2.45. The van der Waals surface area contributed by atoms with E-state index in [4.69, 9.17) is 10.5 Å². The Morgan fingerprint density at radius 1 is 1.05 bits per heavy atom. The van der Waals surface area contributed by atoms with E-state index in [0.717, 1.165) is 28.9 Å². The molecule has 19 heavy (non-hydrogen) atoms. The van der Waals surface area contributed by atoms with Crippen molar-refractivity contribution in [2.75, 3.05) is 0 Å². The van der Waals surface area contributed by atoms with Crippen LogP contribution in [0.5, 0.6) is 23.0 Å². The van der Waals surface area contributed by atoms with Crippen LogP contribution in [-0.4, -0.2) is 10.2 Å². The molecule has 0 aliphatic carbocycles. The molecule has 4 nitrogen and oxygen atoms in total.